The lowest BCUT2D eigenvalue weighted by molar-refractivity contribution is 0.623. The molecule has 0 atom stereocenters. The van der Waals surface area contributed by atoms with E-state index in [4.69, 9.17) is 11.6 Å². The summed E-state index contributed by atoms with van der Waals surface area (Å²) in [5.74, 6) is -0.209. The van der Waals surface area contributed by atoms with E-state index in [-0.39, 0.29) is 5.82 Å². The lowest BCUT2D eigenvalue weighted by Gasteiger charge is -2.05. The van der Waals surface area contributed by atoms with Crippen LogP contribution < -0.4 is 0 Å². The molecule has 0 unspecified atom stereocenters. The molecule has 0 aromatic heterocycles. The molecule has 0 bridgehead atoms. The van der Waals surface area contributed by atoms with Crippen molar-refractivity contribution in [1.82, 2.24) is 0 Å². The molecule has 0 nitrogen and oxygen atoms in total. The Morgan fingerprint density at radius 3 is 2.77 bits per heavy atom. The highest BCUT2D eigenvalue weighted by molar-refractivity contribution is 6.30. The van der Waals surface area contributed by atoms with Gasteiger partial charge in [-0.05, 0) is 37.1 Å². The predicted octanol–water partition coefficient (Wildman–Crippen LogP) is 4.29. The molecular formula is C11H12ClF. The first-order valence-electron chi connectivity index (χ1n) is 4.29. The molecule has 0 spiro atoms. The zero-order chi connectivity index (χ0) is 9.84. The number of allylic oxidation sites excluding steroid dienone is 2. The van der Waals surface area contributed by atoms with Gasteiger partial charge in [-0.2, -0.15) is 0 Å². The van der Waals surface area contributed by atoms with Gasteiger partial charge in [0.1, 0.15) is 5.82 Å². The molecule has 0 N–H and O–H groups in total. The molecule has 70 valence electrons. The Hall–Kier alpha value is -0.820. The van der Waals surface area contributed by atoms with Gasteiger partial charge in [0.15, 0.2) is 0 Å². The van der Waals surface area contributed by atoms with E-state index >= 15 is 0 Å². The third-order valence-electron chi connectivity index (χ3n) is 2.00. The van der Waals surface area contributed by atoms with Crippen LogP contribution in [0.4, 0.5) is 4.39 Å². The Morgan fingerprint density at radius 2 is 2.23 bits per heavy atom. The Morgan fingerprint density at radius 1 is 1.54 bits per heavy atom. The van der Waals surface area contributed by atoms with Crippen LogP contribution in [-0.2, 0) is 0 Å². The molecule has 0 aliphatic carbocycles. The first-order valence-corrected chi connectivity index (χ1v) is 4.67. The van der Waals surface area contributed by atoms with Crippen LogP contribution >= 0.6 is 11.6 Å². The standard InChI is InChI=1S/C11H12ClF/c1-3-8(4-2)10-7-9(12)5-6-11(10)13/h3,5-7H,4H2,1-2H3. The second-order valence-corrected chi connectivity index (χ2v) is 3.23. The minimum Gasteiger partial charge on any atom is -0.206 e. The SMILES string of the molecule is CC=C(CC)c1cc(Cl)ccc1F. The van der Waals surface area contributed by atoms with Crippen molar-refractivity contribution in [1.29, 1.82) is 0 Å². The van der Waals surface area contributed by atoms with Gasteiger partial charge in [-0.1, -0.05) is 24.6 Å². The fourth-order valence-electron chi connectivity index (χ4n) is 1.29. The van der Waals surface area contributed by atoms with Crippen molar-refractivity contribution in [2.24, 2.45) is 0 Å². The van der Waals surface area contributed by atoms with Gasteiger partial charge < -0.3 is 0 Å². The minimum absolute atomic E-state index is 0.209. The number of benzene rings is 1. The third kappa shape index (κ3) is 2.31. The van der Waals surface area contributed by atoms with Gasteiger partial charge in [-0.3, -0.25) is 0 Å². The largest absolute Gasteiger partial charge is 0.206 e. The zero-order valence-electron chi connectivity index (χ0n) is 7.77. The van der Waals surface area contributed by atoms with Crippen molar-refractivity contribution < 1.29 is 4.39 Å². The summed E-state index contributed by atoms with van der Waals surface area (Å²) >= 11 is 5.78. The van der Waals surface area contributed by atoms with E-state index in [0.29, 0.717) is 10.6 Å². The van der Waals surface area contributed by atoms with Crippen LogP contribution in [0.1, 0.15) is 25.8 Å². The van der Waals surface area contributed by atoms with E-state index < -0.39 is 0 Å². The van der Waals surface area contributed by atoms with E-state index in [0.717, 1.165) is 12.0 Å². The lowest BCUT2D eigenvalue weighted by atomic mass is 10.0. The highest BCUT2D eigenvalue weighted by atomic mass is 35.5. The first kappa shape index (κ1) is 10.3. The Labute approximate surface area is 83.0 Å². The summed E-state index contributed by atoms with van der Waals surface area (Å²) in [6.45, 7) is 3.90. The maximum atomic E-state index is 13.3. The summed E-state index contributed by atoms with van der Waals surface area (Å²) in [6, 6.07) is 4.62. The second kappa shape index (κ2) is 4.43. The molecule has 1 aromatic rings. The number of rotatable bonds is 2. The molecule has 0 amide bonds. The maximum Gasteiger partial charge on any atom is 0.130 e. The number of halogens is 2. The zero-order valence-corrected chi connectivity index (χ0v) is 8.53. The van der Waals surface area contributed by atoms with Gasteiger partial charge in [-0.25, -0.2) is 4.39 Å². The maximum absolute atomic E-state index is 13.3. The lowest BCUT2D eigenvalue weighted by Crippen LogP contribution is -1.88. The highest BCUT2D eigenvalue weighted by Crippen LogP contribution is 2.24. The van der Waals surface area contributed by atoms with E-state index in [1.807, 2.05) is 19.9 Å². The van der Waals surface area contributed by atoms with Crippen LogP contribution in [0.5, 0.6) is 0 Å². The van der Waals surface area contributed by atoms with Crippen molar-refractivity contribution in [2.75, 3.05) is 0 Å². The van der Waals surface area contributed by atoms with Crippen molar-refractivity contribution in [2.45, 2.75) is 20.3 Å². The average Bonchev–Trinajstić information content (AvgIpc) is 2.13. The molecule has 0 aliphatic rings. The molecule has 0 aliphatic heterocycles. The van der Waals surface area contributed by atoms with Crippen LogP contribution in [-0.4, -0.2) is 0 Å². The summed E-state index contributed by atoms with van der Waals surface area (Å²) < 4.78 is 13.3. The molecule has 1 rings (SSSR count). The van der Waals surface area contributed by atoms with Gasteiger partial charge in [0.25, 0.3) is 0 Å². The van der Waals surface area contributed by atoms with Crippen molar-refractivity contribution in [3.05, 3.63) is 40.7 Å². The van der Waals surface area contributed by atoms with E-state index in [1.54, 1.807) is 12.1 Å². The number of hydrogen-bond acceptors (Lipinski definition) is 0. The van der Waals surface area contributed by atoms with Crippen LogP contribution in [0, 0.1) is 5.82 Å². The van der Waals surface area contributed by atoms with Crippen LogP contribution in [0.15, 0.2) is 24.3 Å². The van der Waals surface area contributed by atoms with Gasteiger partial charge in [0, 0.05) is 10.6 Å². The van der Waals surface area contributed by atoms with Gasteiger partial charge in [0.2, 0.25) is 0 Å². The van der Waals surface area contributed by atoms with Gasteiger partial charge in [0.05, 0.1) is 0 Å². The normalized spacial score (nSPS) is 11.8. The molecule has 0 saturated heterocycles. The van der Waals surface area contributed by atoms with Crippen molar-refractivity contribution >= 4 is 17.2 Å². The van der Waals surface area contributed by atoms with Crippen LogP contribution in [0.25, 0.3) is 5.57 Å². The summed E-state index contributed by atoms with van der Waals surface area (Å²) in [5, 5.41) is 0.573. The summed E-state index contributed by atoms with van der Waals surface area (Å²) in [4.78, 5) is 0. The average molecular weight is 199 g/mol. The van der Waals surface area contributed by atoms with E-state index in [9.17, 15) is 4.39 Å². The van der Waals surface area contributed by atoms with Crippen molar-refractivity contribution in [3.63, 3.8) is 0 Å². The topological polar surface area (TPSA) is 0 Å². The Kier molecular flexibility index (Phi) is 3.49. The van der Waals surface area contributed by atoms with Crippen LogP contribution in [0.3, 0.4) is 0 Å². The summed E-state index contributed by atoms with van der Waals surface area (Å²) in [7, 11) is 0. The number of hydrogen-bond donors (Lipinski definition) is 0. The van der Waals surface area contributed by atoms with Crippen LogP contribution in [0.2, 0.25) is 5.02 Å². The first-order chi connectivity index (χ1) is 6.19. The highest BCUT2D eigenvalue weighted by Gasteiger charge is 2.05. The smallest absolute Gasteiger partial charge is 0.130 e. The third-order valence-corrected chi connectivity index (χ3v) is 2.24. The van der Waals surface area contributed by atoms with Gasteiger partial charge >= 0.3 is 0 Å². The van der Waals surface area contributed by atoms with Gasteiger partial charge in [-0.15, -0.1) is 0 Å². The fraction of sp³-hybridized carbons (Fsp3) is 0.273. The molecule has 0 saturated carbocycles. The monoisotopic (exact) mass is 198 g/mol. The molecule has 0 radical (unpaired) electrons. The molecule has 13 heavy (non-hydrogen) atoms. The molecular weight excluding hydrogens is 187 g/mol. The van der Waals surface area contributed by atoms with E-state index in [2.05, 4.69) is 0 Å². The Bertz CT molecular complexity index is 329. The Balaban J connectivity index is 3.19. The predicted molar refractivity (Wildman–Crippen MR) is 55.4 cm³/mol. The van der Waals surface area contributed by atoms with E-state index in [1.165, 1.54) is 6.07 Å². The van der Waals surface area contributed by atoms with Crippen molar-refractivity contribution in [3.8, 4) is 0 Å². The molecule has 0 heterocycles. The molecule has 1 aromatic carbocycles. The molecule has 2 heteroatoms. The fourth-order valence-corrected chi connectivity index (χ4v) is 1.47. The second-order valence-electron chi connectivity index (χ2n) is 2.79. The minimum atomic E-state index is -0.209. The summed E-state index contributed by atoms with van der Waals surface area (Å²) in [6.07, 6.45) is 2.72. The quantitative estimate of drug-likeness (QED) is 0.665. The molecule has 0 fully saturated rings. The summed E-state index contributed by atoms with van der Waals surface area (Å²) in [5.41, 5.74) is 1.59.